The minimum atomic E-state index is -0.725. The summed E-state index contributed by atoms with van der Waals surface area (Å²) in [5, 5.41) is 30.9. The van der Waals surface area contributed by atoms with E-state index in [9.17, 15) is 20.1 Å². The quantitative estimate of drug-likeness (QED) is 0.0846. The summed E-state index contributed by atoms with van der Waals surface area (Å²) in [4.78, 5) is 11.0. The van der Waals surface area contributed by atoms with Crippen molar-refractivity contribution in [2.24, 2.45) is 5.92 Å². The number of aliphatic hydroxyl groups excluding tert-OH is 3. The van der Waals surface area contributed by atoms with Crippen LogP contribution in [0.3, 0.4) is 0 Å². The zero-order chi connectivity index (χ0) is 26.2. The lowest BCUT2D eigenvalue weighted by Gasteiger charge is -2.22. The molecule has 0 aromatic carbocycles. The van der Waals surface area contributed by atoms with Crippen LogP contribution in [0.4, 0.5) is 0 Å². The van der Waals surface area contributed by atoms with E-state index in [-0.39, 0.29) is 12.1 Å². The number of hydrogen-bond donors (Lipinski definition) is 3. The van der Waals surface area contributed by atoms with Crippen molar-refractivity contribution in [3.8, 4) is 0 Å². The fourth-order valence-corrected chi connectivity index (χ4v) is 4.83. The lowest BCUT2D eigenvalue weighted by molar-refractivity contribution is -0.140. The van der Waals surface area contributed by atoms with Gasteiger partial charge in [-0.05, 0) is 38.0 Å². The molecule has 0 aliphatic carbocycles. The van der Waals surface area contributed by atoms with E-state index in [2.05, 4.69) is 18.6 Å². The minimum Gasteiger partial charge on any atom is -0.469 e. The van der Waals surface area contributed by atoms with E-state index < -0.39 is 12.2 Å². The molecule has 5 nitrogen and oxygen atoms in total. The molecule has 0 aliphatic heterocycles. The highest BCUT2D eigenvalue weighted by Crippen LogP contribution is 2.20. The average molecular weight is 501 g/mol. The Morgan fingerprint density at radius 2 is 1.11 bits per heavy atom. The van der Waals surface area contributed by atoms with Crippen molar-refractivity contribution < 1.29 is 24.9 Å². The molecule has 0 aromatic rings. The van der Waals surface area contributed by atoms with E-state index in [4.69, 9.17) is 0 Å². The lowest BCUT2D eigenvalue weighted by atomic mass is 9.92. The molecule has 35 heavy (non-hydrogen) atoms. The molecule has 0 saturated heterocycles. The first-order valence-electron chi connectivity index (χ1n) is 15.0. The number of rotatable bonds is 26. The maximum Gasteiger partial charge on any atom is 0.305 e. The van der Waals surface area contributed by atoms with Gasteiger partial charge in [-0.3, -0.25) is 4.79 Å². The summed E-state index contributed by atoms with van der Waals surface area (Å²) in [6.07, 6.45) is 21.8. The van der Waals surface area contributed by atoms with Gasteiger partial charge in [0.25, 0.3) is 0 Å². The topological polar surface area (TPSA) is 87.0 Å². The van der Waals surface area contributed by atoms with E-state index >= 15 is 0 Å². The van der Waals surface area contributed by atoms with Gasteiger partial charge in [-0.1, -0.05) is 117 Å². The first-order valence-corrected chi connectivity index (χ1v) is 15.0. The highest BCUT2D eigenvalue weighted by molar-refractivity contribution is 5.68. The maximum absolute atomic E-state index is 11.0. The molecule has 0 rings (SSSR count). The summed E-state index contributed by atoms with van der Waals surface area (Å²) in [5.41, 5.74) is 0. The Labute approximate surface area is 217 Å². The number of aliphatic hydroxyl groups is 3. The van der Waals surface area contributed by atoms with E-state index in [1.54, 1.807) is 0 Å². The molecule has 0 aliphatic rings. The summed E-state index contributed by atoms with van der Waals surface area (Å²) in [7, 11) is 1.44. The lowest BCUT2D eigenvalue weighted by Crippen LogP contribution is -2.29. The van der Waals surface area contributed by atoms with Gasteiger partial charge < -0.3 is 20.1 Å². The summed E-state index contributed by atoms with van der Waals surface area (Å²) in [5.74, 6) is 0.329. The number of ether oxygens (including phenoxy) is 1. The number of esters is 1. The third-order valence-corrected chi connectivity index (χ3v) is 7.33. The van der Waals surface area contributed by atoms with Gasteiger partial charge in [0.2, 0.25) is 0 Å². The Balaban J connectivity index is 3.55. The molecular formula is C30H60O5. The molecule has 0 spiro atoms. The predicted molar refractivity (Wildman–Crippen MR) is 146 cm³/mol. The fourth-order valence-electron chi connectivity index (χ4n) is 4.83. The Kier molecular flexibility index (Phi) is 24.6. The second-order valence-corrected chi connectivity index (χ2v) is 10.9. The molecule has 210 valence electrons. The molecule has 0 amide bonds. The average Bonchev–Trinajstić information content (AvgIpc) is 2.84. The first kappa shape index (κ1) is 34.4. The number of methoxy groups -OCH3 is 1. The second-order valence-electron chi connectivity index (χ2n) is 10.9. The van der Waals surface area contributed by atoms with Crippen LogP contribution in [0.5, 0.6) is 0 Å². The monoisotopic (exact) mass is 500 g/mol. The molecule has 0 aromatic heterocycles. The highest BCUT2D eigenvalue weighted by Gasteiger charge is 2.20. The van der Waals surface area contributed by atoms with E-state index in [1.165, 1.54) is 84.2 Å². The van der Waals surface area contributed by atoms with Gasteiger partial charge in [-0.2, -0.15) is 0 Å². The van der Waals surface area contributed by atoms with Crippen molar-refractivity contribution in [2.75, 3.05) is 7.11 Å². The van der Waals surface area contributed by atoms with E-state index in [0.29, 0.717) is 31.6 Å². The van der Waals surface area contributed by atoms with Gasteiger partial charge in [0.15, 0.2) is 0 Å². The van der Waals surface area contributed by atoms with Crippen molar-refractivity contribution in [2.45, 2.75) is 173 Å². The van der Waals surface area contributed by atoms with E-state index in [1.807, 2.05) is 0 Å². The first-order chi connectivity index (χ1) is 16.9. The third-order valence-electron chi connectivity index (χ3n) is 7.33. The molecule has 0 bridgehead atoms. The Bertz CT molecular complexity index is 456. The molecular weight excluding hydrogens is 440 g/mol. The number of unbranched alkanes of at least 4 members (excludes halogenated alkanes) is 14. The summed E-state index contributed by atoms with van der Waals surface area (Å²) in [6.45, 7) is 4.41. The van der Waals surface area contributed by atoms with Crippen LogP contribution in [-0.2, 0) is 9.53 Å². The van der Waals surface area contributed by atoms with Crippen molar-refractivity contribution in [3.63, 3.8) is 0 Å². The third kappa shape index (κ3) is 23.5. The SMILES string of the molecule is CCCCCCCC[C@H](C)C[C@H](O)[C@@H](O)CC[C@@H](O)CCCCCCCCCCCCC(=O)OC. The van der Waals surface area contributed by atoms with Crippen LogP contribution >= 0.6 is 0 Å². The van der Waals surface area contributed by atoms with Crippen molar-refractivity contribution in [1.29, 1.82) is 0 Å². The molecule has 0 unspecified atom stereocenters. The van der Waals surface area contributed by atoms with Crippen molar-refractivity contribution >= 4 is 5.97 Å². The van der Waals surface area contributed by atoms with Gasteiger partial charge >= 0.3 is 5.97 Å². The number of hydrogen-bond acceptors (Lipinski definition) is 5. The number of carbonyl (C=O) groups is 1. The van der Waals surface area contributed by atoms with Gasteiger partial charge in [0, 0.05) is 6.42 Å². The Hall–Kier alpha value is -0.650. The Morgan fingerprint density at radius 1 is 0.629 bits per heavy atom. The molecule has 0 radical (unpaired) electrons. The van der Waals surface area contributed by atoms with Crippen LogP contribution in [-0.4, -0.2) is 46.7 Å². The van der Waals surface area contributed by atoms with Gasteiger partial charge in [0.05, 0.1) is 25.4 Å². The summed E-state index contributed by atoms with van der Waals surface area (Å²) >= 11 is 0. The van der Waals surface area contributed by atoms with Crippen LogP contribution in [0.1, 0.15) is 155 Å². The smallest absolute Gasteiger partial charge is 0.305 e. The molecule has 0 saturated carbocycles. The molecule has 5 heteroatoms. The normalized spacial score (nSPS) is 15.0. The van der Waals surface area contributed by atoms with Crippen molar-refractivity contribution in [1.82, 2.24) is 0 Å². The largest absolute Gasteiger partial charge is 0.469 e. The zero-order valence-corrected chi connectivity index (χ0v) is 23.5. The summed E-state index contributed by atoms with van der Waals surface area (Å²) in [6, 6.07) is 0. The van der Waals surface area contributed by atoms with Crippen LogP contribution in [0.15, 0.2) is 0 Å². The Morgan fingerprint density at radius 3 is 1.66 bits per heavy atom. The summed E-state index contributed by atoms with van der Waals surface area (Å²) < 4.78 is 4.65. The van der Waals surface area contributed by atoms with Crippen LogP contribution in [0, 0.1) is 5.92 Å². The van der Waals surface area contributed by atoms with Crippen LogP contribution < -0.4 is 0 Å². The second kappa shape index (κ2) is 25.0. The van der Waals surface area contributed by atoms with Crippen LogP contribution in [0.25, 0.3) is 0 Å². The van der Waals surface area contributed by atoms with Gasteiger partial charge in [-0.25, -0.2) is 0 Å². The molecule has 0 fully saturated rings. The maximum atomic E-state index is 11.0. The predicted octanol–water partition coefficient (Wildman–Crippen LogP) is 7.48. The zero-order valence-electron chi connectivity index (χ0n) is 23.5. The molecule has 0 heterocycles. The van der Waals surface area contributed by atoms with Crippen LogP contribution in [0.2, 0.25) is 0 Å². The number of carbonyl (C=O) groups excluding carboxylic acids is 1. The minimum absolute atomic E-state index is 0.104. The van der Waals surface area contributed by atoms with Gasteiger partial charge in [-0.15, -0.1) is 0 Å². The van der Waals surface area contributed by atoms with E-state index in [0.717, 1.165) is 38.5 Å². The van der Waals surface area contributed by atoms with Gasteiger partial charge in [0.1, 0.15) is 0 Å². The van der Waals surface area contributed by atoms with Crippen molar-refractivity contribution in [3.05, 3.63) is 0 Å². The molecule has 4 atom stereocenters. The fraction of sp³-hybridized carbons (Fsp3) is 0.967. The standard InChI is InChI=1S/C30H60O5/c1-4-5-6-7-14-17-20-26(2)25-29(33)28(32)24-23-27(31)21-18-15-12-10-8-9-11-13-16-19-22-30(34)35-3/h26-29,31-33H,4-25H2,1-3H3/t26-,27-,28-,29-/m0/s1. The highest BCUT2D eigenvalue weighted by atomic mass is 16.5. The molecule has 3 N–H and O–H groups in total.